The molecule has 2 aromatic carbocycles. The molecule has 184 valence electrons. The number of piperazine rings is 1. The van der Waals surface area contributed by atoms with Gasteiger partial charge in [0.25, 0.3) is 0 Å². The molecular weight excluding hydrogens is 448 g/mol. The molecule has 0 saturated carbocycles. The summed E-state index contributed by atoms with van der Waals surface area (Å²) in [6, 6.07) is 10.5. The van der Waals surface area contributed by atoms with E-state index < -0.39 is 6.10 Å². The van der Waals surface area contributed by atoms with Crippen LogP contribution in [-0.2, 0) is 9.53 Å². The number of carbonyl (C=O) groups excluding carboxylic acids is 3. The highest BCUT2D eigenvalue weighted by Gasteiger charge is 2.34. The lowest BCUT2D eigenvalue weighted by molar-refractivity contribution is -0.130. The summed E-state index contributed by atoms with van der Waals surface area (Å²) >= 11 is 0. The first-order valence-electron chi connectivity index (χ1n) is 12.0. The molecule has 35 heavy (non-hydrogen) atoms. The van der Waals surface area contributed by atoms with E-state index in [4.69, 9.17) is 4.74 Å². The van der Waals surface area contributed by atoms with Crippen LogP contribution in [0.25, 0.3) is 0 Å². The van der Waals surface area contributed by atoms with Gasteiger partial charge in [0.05, 0.1) is 29.9 Å². The largest absolute Gasteiger partial charge is 0.390 e. The van der Waals surface area contributed by atoms with E-state index in [1.807, 2.05) is 0 Å². The molecule has 5 rings (SSSR count). The van der Waals surface area contributed by atoms with Crippen molar-refractivity contribution in [2.45, 2.75) is 19.1 Å². The Hall–Kier alpha value is -3.27. The van der Waals surface area contributed by atoms with E-state index in [1.54, 1.807) is 48.2 Å². The molecule has 1 amide bonds. The predicted molar refractivity (Wildman–Crippen MR) is 131 cm³/mol. The second kappa shape index (κ2) is 9.77. The summed E-state index contributed by atoms with van der Waals surface area (Å²) in [4.78, 5) is 42.4. The van der Waals surface area contributed by atoms with Gasteiger partial charge in [0, 0.05) is 75.2 Å². The van der Waals surface area contributed by atoms with Gasteiger partial charge in [-0.05, 0) is 12.1 Å². The zero-order chi connectivity index (χ0) is 24.5. The Bertz CT molecular complexity index is 1150. The van der Waals surface area contributed by atoms with Gasteiger partial charge in [-0.3, -0.25) is 19.3 Å². The Morgan fingerprint density at radius 3 is 2.11 bits per heavy atom. The van der Waals surface area contributed by atoms with Crippen LogP contribution in [0.5, 0.6) is 0 Å². The maximum atomic E-state index is 13.5. The number of benzene rings is 2. The fourth-order valence-corrected chi connectivity index (χ4v) is 4.76. The number of hydrogen-bond donors (Lipinski definition) is 3. The van der Waals surface area contributed by atoms with Crippen LogP contribution in [0, 0.1) is 0 Å². The van der Waals surface area contributed by atoms with Crippen LogP contribution in [0.3, 0.4) is 0 Å². The summed E-state index contributed by atoms with van der Waals surface area (Å²) in [5, 5.41) is 17.1. The fourth-order valence-electron chi connectivity index (χ4n) is 4.76. The van der Waals surface area contributed by atoms with Crippen LogP contribution in [-0.4, -0.2) is 97.0 Å². The summed E-state index contributed by atoms with van der Waals surface area (Å²) in [5.74, 6) is -0.333. The van der Waals surface area contributed by atoms with E-state index in [2.05, 4.69) is 15.5 Å². The maximum Gasteiger partial charge on any atom is 0.219 e. The van der Waals surface area contributed by atoms with Crippen LogP contribution in [0.2, 0.25) is 0 Å². The minimum atomic E-state index is -0.680. The first kappa shape index (κ1) is 23.5. The molecule has 0 aromatic heterocycles. The highest BCUT2D eigenvalue weighted by atomic mass is 16.6. The Balaban J connectivity index is 1.32. The monoisotopic (exact) mass is 478 g/mol. The molecule has 0 radical (unpaired) electrons. The highest BCUT2D eigenvalue weighted by Crippen LogP contribution is 2.36. The van der Waals surface area contributed by atoms with Crippen LogP contribution < -0.4 is 10.6 Å². The number of ether oxygens (including phenoxy) is 1. The van der Waals surface area contributed by atoms with Crippen molar-refractivity contribution >= 4 is 28.8 Å². The number of aliphatic hydroxyl groups is 1. The van der Waals surface area contributed by atoms with Gasteiger partial charge in [-0.1, -0.05) is 24.3 Å². The number of nitrogens with zero attached hydrogens (tertiary/aromatic N) is 2. The first-order chi connectivity index (χ1) is 16.9. The van der Waals surface area contributed by atoms with Crippen molar-refractivity contribution in [1.82, 2.24) is 9.80 Å². The third-order valence-corrected chi connectivity index (χ3v) is 6.81. The number of anilines is 2. The molecule has 3 aliphatic rings. The number of ketones is 2. The molecule has 2 atom stereocenters. The number of β-amino-alcohol motifs (C(OH)–C–C–N with tert-alkyl or cyclic N) is 1. The summed E-state index contributed by atoms with van der Waals surface area (Å²) in [7, 11) is 0. The highest BCUT2D eigenvalue weighted by molar-refractivity contribution is 6.31. The minimum Gasteiger partial charge on any atom is -0.390 e. The zero-order valence-electron chi connectivity index (χ0n) is 19.8. The van der Waals surface area contributed by atoms with Crippen LogP contribution >= 0.6 is 0 Å². The molecular formula is C26H30N4O5. The molecule has 9 nitrogen and oxygen atoms in total. The van der Waals surface area contributed by atoms with Gasteiger partial charge in [0.15, 0.2) is 11.6 Å². The predicted octanol–water partition coefficient (Wildman–Crippen LogP) is 1.21. The number of nitrogens with one attached hydrogen (secondary N) is 2. The topological polar surface area (TPSA) is 115 Å². The summed E-state index contributed by atoms with van der Waals surface area (Å²) in [6.45, 7) is 6.23. The van der Waals surface area contributed by atoms with E-state index in [0.29, 0.717) is 79.5 Å². The summed E-state index contributed by atoms with van der Waals surface area (Å²) in [5.41, 5.74) is 2.61. The van der Waals surface area contributed by atoms with E-state index in [-0.39, 0.29) is 30.1 Å². The number of epoxide rings is 1. The van der Waals surface area contributed by atoms with Gasteiger partial charge < -0.3 is 25.4 Å². The molecule has 2 heterocycles. The molecule has 0 spiro atoms. The minimum absolute atomic E-state index is 0.0695. The molecule has 0 bridgehead atoms. The van der Waals surface area contributed by atoms with E-state index in [1.165, 1.54) is 0 Å². The third-order valence-electron chi connectivity index (χ3n) is 6.81. The van der Waals surface area contributed by atoms with Crippen molar-refractivity contribution in [1.29, 1.82) is 0 Å². The second-order valence-electron chi connectivity index (χ2n) is 9.29. The average molecular weight is 479 g/mol. The van der Waals surface area contributed by atoms with Crippen LogP contribution in [0.1, 0.15) is 38.8 Å². The van der Waals surface area contributed by atoms with Crippen LogP contribution in [0.4, 0.5) is 11.4 Å². The van der Waals surface area contributed by atoms with Gasteiger partial charge >= 0.3 is 0 Å². The molecule has 9 heteroatoms. The molecule has 1 aliphatic carbocycles. The van der Waals surface area contributed by atoms with E-state index >= 15 is 0 Å². The molecule has 2 unspecified atom stereocenters. The zero-order valence-corrected chi connectivity index (χ0v) is 19.8. The van der Waals surface area contributed by atoms with Gasteiger partial charge in [-0.15, -0.1) is 0 Å². The number of amides is 1. The van der Waals surface area contributed by atoms with Gasteiger partial charge in [-0.2, -0.15) is 0 Å². The quantitative estimate of drug-likeness (QED) is 0.414. The molecule has 2 aromatic rings. The van der Waals surface area contributed by atoms with Crippen molar-refractivity contribution in [3.8, 4) is 0 Å². The normalized spacial score (nSPS) is 20.2. The van der Waals surface area contributed by atoms with Gasteiger partial charge in [0.1, 0.15) is 0 Å². The molecule has 2 saturated heterocycles. The number of fused-ring (bicyclic) bond motifs is 2. The SMILES string of the molecule is CC(=O)N1CCN(CC(O)CNc2ccc(NCC3CO3)c3c2C(=O)c2ccccc2C3=O)CC1. The van der Waals surface area contributed by atoms with E-state index in [9.17, 15) is 19.5 Å². The summed E-state index contributed by atoms with van der Waals surface area (Å²) in [6.07, 6.45) is -0.557. The van der Waals surface area contributed by atoms with E-state index in [0.717, 1.165) is 0 Å². The first-order valence-corrected chi connectivity index (χ1v) is 12.0. The lowest BCUT2D eigenvalue weighted by Crippen LogP contribution is -2.50. The Labute approximate surface area is 204 Å². The Kier molecular flexibility index (Phi) is 6.55. The number of rotatable bonds is 8. The summed E-state index contributed by atoms with van der Waals surface area (Å²) < 4.78 is 5.27. The second-order valence-corrected chi connectivity index (χ2v) is 9.29. The molecule has 2 fully saturated rings. The average Bonchev–Trinajstić information content (AvgIpc) is 3.69. The van der Waals surface area contributed by atoms with Crippen molar-refractivity contribution in [3.05, 3.63) is 58.7 Å². The Morgan fingerprint density at radius 1 is 1.00 bits per heavy atom. The number of hydrogen-bond acceptors (Lipinski definition) is 8. The van der Waals surface area contributed by atoms with Crippen molar-refractivity contribution < 1.29 is 24.2 Å². The van der Waals surface area contributed by atoms with Crippen molar-refractivity contribution in [2.75, 3.05) is 63.1 Å². The lowest BCUT2D eigenvalue weighted by atomic mass is 9.82. The van der Waals surface area contributed by atoms with Crippen molar-refractivity contribution in [2.24, 2.45) is 0 Å². The smallest absolute Gasteiger partial charge is 0.219 e. The fraction of sp³-hybridized carbons (Fsp3) is 0.423. The van der Waals surface area contributed by atoms with Gasteiger partial charge in [0.2, 0.25) is 5.91 Å². The van der Waals surface area contributed by atoms with Crippen LogP contribution in [0.15, 0.2) is 36.4 Å². The number of aliphatic hydroxyl groups excluding tert-OH is 1. The third kappa shape index (κ3) is 4.93. The molecule has 2 aliphatic heterocycles. The maximum absolute atomic E-state index is 13.5. The standard InChI is InChI=1S/C26H30N4O5/c1-16(31)30-10-8-29(9-11-30)14-17(32)12-27-21-6-7-22(28-13-18-15-35-18)24-23(21)25(33)19-4-2-3-5-20(19)26(24)34/h2-7,17-18,27-28,32H,8-15H2,1H3. The Morgan fingerprint density at radius 2 is 1.57 bits per heavy atom. The molecule has 3 N–H and O–H groups in total. The number of carbonyl (C=O) groups is 3. The lowest BCUT2D eigenvalue weighted by Gasteiger charge is -2.35. The van der Waals surface area contributed by atoms with Gasteiger partial charge in [-0.25, -0.2) is 0 Å². The van der Waals surface area contributed by atoms with Crippen molar-refractivity contribution in [3.63, 3.8) is 0 Å².